The standard InChI is InChI=1S/C25H30N.4C22H26N/c1-16-12-17(2)19(4)24(13-16)25-23-11-10-21(20-8-6-7-9-20)15-22(23)14-18(3)26(25)5;4*1-14(2)18-7-8-20-19(13-18)9-10-23(6)22(20)21-12-15(3)11-16(4)17(21)5/h10-15,20H,6-9H2,1-5H3;4*7-14H,1-6H3/q5*+1/i14D,20D;2*7D,8D,9D,10D,13D,14D;7D,8D,9D,10D,14D;8D,9D,10D,14D. The highest BCUT2D eigenvalue weighted by molar-refractivity contribution is 5.99. The molecular weight excluding hydrogens is 1430 g/mol. The molecule has 0 spiro atoms. The number of hydrogen-bond acceptors (Lipinski definition) is 0. The molecule has 0 atom stereocenters. The first-order valence-electron chi connectivity index (χ1n) is 52.7. The smallest absolute Gasteiger partial charge is 0.200 e. The number of aryl methyl sites for hydroxylation is 10. The molecule has 10 aromatic carbocycles. The van der Waals surface area contributed by atoms with E-state index in [1.165, 1.54) is 27.9 Å². The molecule has 1 aliphatic carbocycles. The molecule has 0 N–H and O–H groups in total. The Morgan fingerprint density at radius 2 is 0.602 bits per heavy atom. The van der Waals surface area contributed by atoms with Crippen molar-refractivity contribution in [2.75, 3.05) is 0 Å². The van der Waals surface area contributed by atoms with Gasteiger partial charge in [-0.2, -0.15) is 4.57 Å². The van der Waals surface area contributed by atoms with Crippen LogP contribution in [0.3, 0.4) is 0 Å². The van der Waals surface area contributed by atoms with Crippen molar-refractivity contribution in [2.45, 2.75) is 221 Å². The van der Waals surface area contributed by atoms with Crippen molar-refractivity contribution in [1.29, 1.82) is 0 Å². The van der Waals surface area contributed by atoms with E-state index in [2.05, 4.69) is 107 Å². The lowest BCUT2D eigenvalue weighted by molar-refractivity contribution is -0.665. The van der Waals surface area contributed by atoms with E-state index in [0.29, 0.717) is 72.6 Å². The van der Waals surface area contributed by atoms with Gasteiger partial charge in [-0.1, -0.05) is 187 Å². The average molecular weight is 1590 g/mol. The van der Waals surface area contributed by atoms with Gasteiger partial charge in [-0.15, -0.1) is 0 Å². The van der Waals surface area contributed by atoms with Crippen molar-refractivity contribution in [1.82, 2.24) is 0 Å². The normalized spacial score (nSPS) is 15.6. The minimum Gasteiger partial charge on any atom is -0.200 e. The molecule has 606 valence electrons. The van der Waals surface area contributed by atoms with Crippen LogP contribution in [0.4, 0.5) is 0 Å². The molecule has 5 heteroatoms. The minimum atomic E-state index is -1.26. The summed E-state index contributed by atoms with van der Waals surface area (Å²) >= 11 is 0. The Morgan fingerprint density at radius 1 is 0.297 bits per heavy atom. The summed E-state index contributed by atoms with van der Waals surface area (Å²) in [4.78, 5) is 0. The predicted molar refractivity (Wildman–Crippen MR) is 506 cm³/mol. The predicted octanol–water partition coefficient (Wildman–Crippen LogP) is 27.7. The van der Waals surface area contributed by atoms with Crippen LogP contribution >= 0.6 is 0 Å². The van der Waals surface area contributed by atoms with Gasteiger partial charge in [0.1, 0.15) is 40.7 Å². The average Bonchev–Trinajstić information content (AvgIpc) is 1.71. The van der Waals surface area contributed by atoms with E-state index >= 15 is 0 Å². The van der Waals surface area contributed by atoms with Crippen LogP contribution in [0.25, 0.3) is 110 Å². The van der Waals surface area contributed by atoms with Gasteiger partial charge in [0.2, 0.25) is 28.5 Å². The molecule has 5 heterocycles. The van der Waals surface area contributed by atoms with Gasteiger partial charge in [0.15, 0.2) is 30.4 Å². The Hall–Kier alpha value is -10.8. The van der Waals surface area contributed by atoms with E-state index < -0.39 is 29.5 Å². The first-order chi connectivity index (χ1) is 65.1. The molecule has 5 aromatic heterocycles. The summed E-state index contributed by atoms with van der Waals surface area (Å²) in [6.45, 7) is 45.9. The highest BCUT2D eigenvalue weighted by atomic mass is 15.0. The maximum Gasteiger partial charge on any atom is 0.220 e. The molecule has 0 unspecified atom stereocenters. The molecule has 5 nitrogen and oxygen atoms in total. The Labute approximate surface area is 741 Å². The van der Waals surface area contributed by atoms with E-state index in [4.69, 9.17) is 31.5 Å². The third-order valence-corrected chi connectivity index (χ3v) is 23.6. The summed E-state index contributed by atoms with van der Waals surface area (Å²) in [6, 6.07) is 32.5. The zero-order valence-corrected chi connectivity index (χ0v) is 75.3. The second-order valence-electron chi connectivity index (χ2n) is 33.8. The van der Waals surface area contributed by atoms with Gasteiger partial charge in [0, 0.05) is 44.0 Å². The number of benzene rings is 10. The number of rotatable bonds is 10. The van der Waals surface area contributed by atoms with Gasteiger partial charge in [0.05, 0.1) is 73.9 Å². The maximum atomic E-state index is 8.90. The molecule has 15 aromatic rings. The van der Waals surface area contributed by atoms with Crippen LogP contribution in [-0.2, 0) is 35.2 Å². The van der Waals surface area contributed by atoms with Crippen molar-refractivity contribution < 1.29 is 54.4 Å². The number of hydrogen-bond donors (Lipinski definition) is 0. The van der Waals surface area contributed by atoms with E-state index in [-0.39, 0.29) is 119 Å². The zero-order valence-electron chi connectivity index (χ0n) is 98.3. The lowest BCUT2D eigenvalue weighted by Gasteiger charge is -2.15. The minimum absolute atomic E-state index is 0.00508. The molecule has 0 aliphatic heterocycles. The van der Waals surface area contributed by atoms with Crippen LogP contribution < -0.4 is 22.8 Å². The molecule has 0 amide bonds. The Morgan fingerprint density at radius 3 is 0.949 bits per heavy atom. The van der Waals surface area contributed by atoms with Crippen LogP contribution in [0.1, 0.15) is 259 Å². The van der Waals surface area contributed by atoms with Crippen LogP contribution in [-0.4, -0.2) is 0 Å². The summed E-state index contributed by atoms with van der Waals surface area (Å²) in [5.41, 5.74) is 28.6. The van der Waals surface area contributed by atoms with Crippen molar-refractivity contribution in [3.8, 4) is 56.3 Å². The third kappa shape index (κ3) is 18.4. The van der Waals surface area contributed by atoms with Gasteiger partial charge >= 0.3 is 0 Å². The Bertz CT molecular complexity index is 7570. The lowest BCUT2D eigenvalue weighted by Crippen LogP contribution is -2.35. The summed E-state index contributed by atoms with van der Waals surface area (Å²) < 4.78 is 205. The van der Waals surface area contributed by atoms with Crippen LogP contribution in [0.2, 0.25) is 0 Å². The quantitative estimate of drug-likeness (QED) is 0.122. The number of aromatic nitrogens is 5. The fourth-order valence-electron chi connectivity index (χ4n) is 16.2. The second-order valence-corrected chi connectivity index (χ2v) is 33.8. The van der Waals surface area contributed by atoms with Gasteiger partial charge in [-0.25, -0.2) is 18.3 Å². The van der Waals surface area contributed by atoms with E-state index in [9.17, 15) is 0 Å². The highest BCUT2D eigenvalue weighted by Gasteiger charge is 2.27. The van der Waals surface area contributed by atoms with Gasteiger partial charge < -0.3 is 0 Å². The molecule has 1 saturated carbocycles. The lowest BCUT2D eigenvalue weighted by atomic mass is 9.91. The first-order valence-corrected chi connectivity index (χ1v) is 41.2. The molecule has 1 aliphatic rings. The van der Waals surface area contributed by atoms with Gasteiger partial charge in [-0.3, -0.25) is 0 Å². The van der Waals surface area contributed by atoms with E-state index in [1.807, 2.05) is 100 Å². The van der Waals surface area contributed by atoms with Crippen LogP contribution in [0, 0.1) is 111 Å². The highest BCUT2D eigenvalue weighted by Crippen LogP contribution is 2.41. The van der Waals surface area contributed by atoms with Crippen LogP contribution in [0.15, 0.2) is 206 Å². The van der Waals surface area contributed by atoms with Crippen molar-refractivity contribution >= 4 is 53.9 Å². The molecule has 0 radical (unpaired) electrons. The topological polar surface area (TPSA) is 19.4 Å². The van der Waals surface area contributed by atoms with Gasteiger partial charge in [-0.05, 0) is 317 Å². The zero-order chi connectivity index (χ0) is 106. The third-order valence-electron chi connectivity index (χ3n) is 23.6. The molecule has 0 bridgehead atoms. The SMILES string of the molecule is [2H]c1c(C([2H])(C)C)c([2H])c2c([2H])c([2H])[n+](C)c(-c3cc(C)cc(C)c3C)c2c1[2H].[2H]c1c(C([2H])(C)C)c([2H])c2c([2H])c([2H])[n+](C)c(-c3cc(C)cc(C)c3C)c2c1[2H].[2H]c1c(C([2H])(C)C)cc2c([2H])c([2H])[n+](C)c(-c3cc(C)cc(C)c3C)c2c1[2H].[2H]c1c(C)[n+](C)c(-c2cc(C)cc(C)c2C)c2ccc(C3([2H])CCCC3)cc12.[2H]c1c([2H])[n+](C)c(-c2cc(C)cc(C)c2C)c2c([2H])cc(C([2H])(C)C)cc12. The Balaban J connectivity index is 0.000000158. The van der Waals surface area contributed by atoms with Crippen LogP contribution in [0.5, 0.6) is 0 Å². The number of fused-ring (bicyclic) bond motifs is 5. The summed E-state index contributed by atoms with van der Waals surface area (Å²) in [5, 5.41) is 5.23. The molecule has 1 fully saturated rings. The summed E-state index contributed by atoms with van der Waals surface area (Å²) in [5.74, 6) is -4.94. The first kappa shape index (κ1) is 60.7. The van der Waals surface area contributed by atoms with E-state index in [0.717, 1.165) is 142 Å². The largest absolute Gasteiger partial charge is 0.220 e. The summed E-state index contributed by atoms with van der Waals surface area (Å²) in [6.07, 6.45) is 4.14. The number of nitrogens with zero attached hydrogens (tertiary/aromatic N) is 5. The molecule has 16 rings (SSSR count). The van der Waals surface area contributed by atoms with Crippen molar-refractivity contribution in [2.24, 2.45) is 35.2 Å². The molecule has 0 saturated heterocycles. The second kappa shape index (κ2) is 36.2. The maximum absolute atomic E-state index is 8.90. The van der Waals surface area contributed by atoms with E-state index in [1.54, 1.807) is 114 Å². The molecular formula is C113H134N5+5. The Kier molecular flexibility index (Phi) is 18.6. The fraction of sp³-hybridized carbons (Fsp3) is 0.336. The number of pyridine rings is 5. The van der Waals surface area contributed by atoms with Gasteiger partial charge in [0.25, 0.3) is 0 Å². The van der Waals surface area contributed by atoms with Crippen molar-refractivity contribution in [3.05, 3.63) is 323 Å². The molecule has 118 heavy (non-hydrogen) atoms. The monoisotopic (exact) mass is 1580 g/mol. The summed E-state index contributed by atoms with van der Waals surface area (Å²) in [7, 11) is 8.95. The fourth-order valence-corrected chi connectivity index (χ4v) is 16.2. The van der Waals surface area contributed by atoms with Crippen molar-refractivity contribution in [3.63, 3.8) is 0 Å².